The molecule has 0 spiro atoms. The third-order valence-corrected chi connectivity index (χ3v) is 6.45. The molecule has 0 aliphatic heterocycles. The zero-order valence-corrected chi connectivity index (χ0v) is 19.1. The summed E-state index contributed by atoms with van der Waals surface area (Å²) < 4.78 is 41.2. The first-order valence-electron chi connectivity index (χ1n) is 9.84. The number of carbonyl (C=O) groups is 1. The molecular weight excluding hydrogens is 418 g/mol. The highest BCUT2D eigenvalue weighted by Crippen LogP contribution is 2.50. The van der Waals surface area contributed by atoms with Gasteiger partial charge in [-0.1, -0.05) is 12.1 Å². The van der Waals surface area contributed by atoms with E-state index >= 15 is 0 Å². The number of fused-ring (bicyclic) bond motifs is 3. The predicted octanol–water partition coefficient (Wildman–Crippen LogP) is 3.46. The highest BCUT2D eigenvalue weighted by Gasteiger charge is 2.30. The molecule has 0 saturated carbocycles. The van der Waals surface area contributed by atoms with Crippen molar-refractivity contribution >= 4 is 15.7 Å². The van der Waals surface area contributed by atoms with Gasteiger partial charge in [0.05, 0.1) is 32.3 Å². The predicted molar refractivity (Wildman–Crippen MR) is 119 cm³/mol. The summed E-state index contributed by atoms with van der Waals surface area (Å²) in [6, 6.07) is 6.50. The third-order valence-electron chi connectivity index (χ3n) is 5.34. The van der Waals surface area contributed by atoms with Gasteiger partial charge in [-0.3, -0.25) is 4.79 Å². The van der Waals surface area contributed by atoms with Gasteiger partial charge in [-0.2, -0.15) is 0 Å². The number of sulfone groups is 1. The number of hydrogen-bond acceptors (Lipinski definition) is 6. The van der Waals surface area contributed by atoms with Crippen LogP contribution in [0.5, 0.6) is 17.2 Å². The van der Waals surface area contributed by atoms with Crippen LogP contribution in [0.2, 0.25) is 0 Å². The normalized spacial score (nSPS) is 15.6. The van der Waals surface area contributed by atoms with Gasteiger partial charge in [0, 0.05) is 11.8 Å². The second-order valence-electron chi connectivity index (χ2n) is 7.30. The SMILES string of the molecule is C/C=C/C(=O)N[C@H]1CCc2cc(OC)c(OC)c(OC)c2-c2ccc(S(C)(=O)=O)cc21. The van der Waals surface area contributed by atoms with Gasteiger partial charge in [0.15, 0.2) is 21.3 Å². The van der Waals surface area contributed by atoms with Crippen LogP contribution in [0, 0.1) is 0 Å². The summed E-state index contributed by atoms with van der Waals surface area (Å²) in [5.74, 6) is 1.27. The Bertz CT molecular complexity index is 1140. The van der Waals surface area contributed by atoms with E-state index in [1.54, 1.807) is 45.4 Å². The second-order valence-corrected chi connectivity index (χ2v) is 9.32. The van der Waals surface area contributed by atoms with Crippen molar-refractivity contribution in [3.05, 3.63) is 47.5 Å². The molecule has 0 fully saturated rings. The van der Waals surface area contributed by atoms with Crippen molar-refractivity contribution in [3.63, 3.8) is 0 Å². The first kappa shape index (κ1) is 22.7. The minimum atomic E-state index is -3.43. The van der Waals surface area contributed by atoms with Crippen molar-refractivity contribution in [1.82, 2.24) is 5.32 Å². The average molecular weight is 446 g/mol. The molecule has 0 saturated heterocycles. The van der Waals surface area contributed by atoms with Crippen LogP contribution < -0.4 is 19.5 Å². The molecule has 166 valence electrons. The molecule has 1 atom stereocenters. The van der Waals surface area contributed by atoms with E-state index in [1.807, 2.05) is 6.07 Å². The summed E-state index contributed by atoms with van der Waals surface area (Å²) >= 11 is 0. The topological polar surface area (TPSA) is 90.9 Å². The lowest BCUT2D eigenvalue weighted by atomic mass is 9.93. The smallest absolute Gasteiger partial charge is 0.244 e. The van der Waals surface area contributed by atoms with Crippen LogP contribution in [0.25, 0.3) is 11.1 Å². The first-order valence-corrected chi connectivity index (χ1v) is 11.7. The second kappa shape index (κ2) is 9.01. The molecule has 2 aromatic carbocycles. The molecule has 0 aromatic heterocycles. The number of amides is 1. The van der Waals surface area contributed by atoms with E-state index in [4.69, 9.17) is 14.2 Å². The molecule has 7 nitrogen and oxygen atoms in total. The Kier molecular flexibility index (Phi) is 6.59. The minimum Gasteiger partial charge on any atom is -0.493 e. The highest BCUT2D eigenvalue weighted by molar-refractivity contribution is 7.90. The molecule has 31 heavy (non-hydrogen) atoms. The summed E-state index contributed by atoms with van der Waals surface area (Å²) in [5, 5.41) is 3.00. The van der Waals surface area contributed by atoms with Crippen LogP contribution in [-0.2, 0) is 21.1 Å². The Morgan fingerprint density at radius 3 is 2.39 bits per heavy atom. The van der Waals surface area contributed by atoms with Crippen molar-refractivity contribution in [3.8, 4) is 28.4 Å². The molecule has 1 N–H and O–H groups in total. The van der Waals surface area contributed by atoms with Gasteiger partial charge in [0.2, 0.25) is 11.7 Å². The van der Waals surface area contributed by atoms with Gasteiger partial charge in [-0.05, 0) is 60.7 Å². The van der Waals surface area contributed by atoms with E-state index in [1.165, 1.54) is 19.4 Å². The largest absolute Gasteiger partial charge is 0.493 e. The van der Waals surface area contributed by atoms with Crippen LogP contribution >= 0.6 is 0 Å². The van der Waals surface area contributed by atoms with Gasteiger partial charge in [0.1, 0.15) is 0 Å². The lowest BCUT2D eigenvalue weighted by Gasteiger charge is -2.21. The van der Waals surface area contributed by atoms with E-state index in [9.17, 15) is 13.2 Å². The maximum absolute atomic E-state index is 12.3. The summed E-state index contributed by atoms with van der Waals surface area (Å²) in [7, 11) is 1.23. The summed E-state index contributed by atoms with van der Waals surface area (Å²) in [4.78, 5) is 12.5. The Hall–Kier alpha value is -3.00. The fraction of sp³-hybridized carbons (Fsp3) is 0.348. The summed E-state index contributed by atoms with van der Waals surface area (Å²) in [6.07, 6.45) is 5.48. The van der Waals surface area contributed by atoms with Crippen molar-refractivity contribution < 1.29 is 27.4 Å². The minimum absolute atomic E-state index is 0.194. The molecule has 0 unspecified atom stereocenters. The Morgan fingerprint density at radius 2 is 1.81 bits per heavy atom. The van der Waals surface area contributed by atoms with E-state index in [-0.39, 0.29) is 16.8 Å². The highest BCUT2D eigenvalue weighted by atomic mass is 32.2. The quantitative estimate of drug-likeness (QED) is 0.685. The van der Waals surface area contributed by atoms with Crippen LogP contribution in [-0.4, -0.2) is 41.9 Å². The van der Waals surface area contributed by atoms with Gasteiger partial charge >= 0.3 is 0 Å². The molecule has 1 aliphatic rings. The Labute approximate surface area is 182 Å². The number of rotatable bonds is 6. The zero-order valence-electron chi connectivity index (χ0n) is 18.3. The van der Waals surface area contributed by atoms with Crippen LogP contribution in [0.15, 0.2) is 41.3 Å². The maximum Gasteiger partial charge on any atom is 0.244 e. The van der Waals surface area contributed by atoms with Crippen LogP contribution in [0.1, 0.15) is 30.5 Å². The van der Waals surface area contributed by atoms with Gasteiger partial charge in [0.25, 0.3) is 0 Å². The number of aryl methyl sites for hydroxylation is 1. The molecule has 0 heterocycles. The Morgan fingerprint density at radius 1 is 1.10 bits per heavy atom. The molecule has 0 bridgehead atoms. The van der Waals surface area contributed by atoms with Gasteiger partial charge in [-0.15, -0.1) is 0 Å². The number of nitrogens with one attached hydrogen (secondary N) is 1. The molecule has 2 aromatic rings. The zero-order chi connectivity index (χ0) is 22.8. The number of benzene rings is 2. The van der Waals surface area contributed by atoms with Crippen molar-refractivity contribution in [2.24, 2.45) is 0 Å². The van der Waals surface area contributed by atoms with Crippen LogP contribution in [0.4, 0.5) is 0 Å². The third kappa shape index (κ3) is 4.39. The first-order chi connectivity index (χ1) is 14.7. The molecule has 8 heteroatoms. The molecule has 3 rings (SSSR count). The van der Waals surface area contributed by atoms with Crippen LogP contribution in [0.3, 0.4) is 0 Å². The van der Waals surface area contributed by atoms with E-state index < -0.39 is 9.84 Å². The van der Waals surface area contributed by atoms with Crippen molar-refractivity contribution in [1.29, 1.82) is 0 Å². The number of carbonyl (C=O) groups excluding carboxylic acids is 1. The summed E-state index contributed by atoms with van der Waals surface area (Å²) in [5.41, 5.74) is 3.26. The van der Waals surface area contributed by atoms with Crippen molar-refractivity contribution in [2.75, 3.05) is 27.6 Å². The molecular formula is C23H27NO6S. The van der Waals surface area contributed by atoms with E-state index in [0.29, 0.717) is 35.7 Å². The number of hydrogen-bond donors (Lipinski definition) is 1. The van der Waals surface area contributed by atoms with E-state index in [0.717, 1.165) is 16.7 Å². The van der Waals surface area contributed by atoms with Gasteiger partial charge in [-0.25, -0.2) is 8.42 Å². The molecule has 1 amide bonds. The van der Waals surface area contributed by atoms with E-state index in [2.05, 4.69) is 5.32 Å². The maximum atomic E-state index is 12.3. The van der Waals surface area contributed by atoms with Crippen molar-refractivity contribution in [2.45, 2.75) is 30.7 Å². The van der Waals surface area contributed by atoms with Gasteiger partial charge < -0.3 is 19.5 Å². The monoisotopic (exact) mass is 445 g/mol. The Balaban J connectivity index is 2.32. The lowest BCUT2D eigenvalue weighted by Crippen LogP contribution is -2.27. The summed E-state index contributed by atoms with van der Waals surface area (Å²) in [6.45, 7) is 1.77. The fourth-order valence-corrected chi connectivity index (χ4v) is 4.62. The number of allylic oxidation sites excluding steroid dienone is 1. The molecule has 1 aliphatic carbocycles. The average Bonchev–Trinajstić information content (AvgIpc) is 2.88. The number of ether oxygens (including phenoxy) is 3. The number of methoxy groups -OCH3 is 3. The fourth-order valence-electron chi connectivity index (χ4n) is 3.96. The lowest BCUT2D eigenvalue weighted by molar-refractivity contribution is -0.117. The standard InChI is InChI=1S/C23H27NO6S/c1-6-7-20(25)24-18-11-8-14-12-19(28-2)22(29-3)23(30-4)21(14)16-10-9-15(13-17(16)18)31(5,26)27/h6-7,9-10,12-13,18H,8,11H2,1-5H3,(H,24,25)/b7-6+/t18-/m0/s1. The molecule has 0 radical (unpaired) electrons.